The smallest absolute Gasteiger partial charge is 0.271 e. The van der Waals surface area contributed by atoms with Crippen LogP contribution >= 0.6 is 0 Å². The third-order valence-electron chi connectivity index (χ3n) is 1.92. The molecule has 0 aliphatic rings. The summed E-state index contributed by atoms with van der Waals surface area (Å²) in [6, 6.07) is 3.18. The first-order valence-electron chi connectivity index (χ1n) is 5.29. The molecule has 0 saturated carbocycles. The average Bonchev–Trinajstić information content (AvgIpc) is 2.38. The molecule has 1 aromatic heterocycles. The lowest BCUT2D eigenvalue weighted by Gasteiger charge is -2.05. The van der Waals surface area contributed by atoms with Gasteiger partial charge < -0.3 is 21.1 Å². The Morgan fingerprint density at radius 2 is 2.17 bits per heavy atom. The van der Waals surface area contributed by atoms with E-state index in [1.807, 2.05) is 0 Å². The van der Waals surface area contributed by atoms with Crippen molar-refractivity contribution >= 4 is 17.6 Å². The van der Waals surface area contributed by atoms with Gasteiger partial charge in [-0.3, -0.25) is 9.59 Å². The first-order chi connectivity index (χ1) is 8.63. The second kappa shape index (κ2) is 7.17. The van der Waals surface area contributed by atoms with Crippen LogP contribution in [0.3, 0.4) is 0 Å². The summed E-state index contributed by atoms with van der Waals surface area (Å²) in [6.45, 7) is 0.673. The Balaban J connectivity index is 2.31. The van der Waals surface area contributed by atoms with Crippen LogP contribution in [0, 0.1) is 0 Å². The van der Waals surface area contributed by atoms with E-state index in [2.05, 4.69) is 20.8 Å². The maximum absolute atomic E-state index is 11.2. The quantitative estimate of drug-likeness (QED) is 0.522. The molecule has 0 fully saturated rings. The van der Waals surface area contributed by atoms with Crippen LogP contribution in [0.15, 0.2) is 12.1 Å². The first-order valence-corrected chi connectivity index (χ1v) is 5.29. The van der Waals surface area contributed by atoms with E-state index in [1.165, 1.54) is 7.05 Å². The van der Waals surface area contributed by atoms with Gasteiger partial charge in [0.05, 0.1) is 6.61 Å². The number of anilines is 1. The lowest BCUT2D eigenvalue weighted by atomic mass is 10.3. The van der Waals surface area contributed by atoms with Gasteiger partial charge in [0.1, 0.15) is 12.4 Å². The van der Waals surface area contributed by atoms with Crippen molar-refractivity contribution in [2.24, 2.45) is 5.73 Å². The van der Waals surface area contributed by atoms with Crippen molar-refractivity contribution < 1.29 is 14.3 Å². The molecule has 0 spiro atoms. The number of rotatable bonds is 7. The van der Waals surface area contributed by atoms with E-state index in [-0.39, 0.29) is 18.2 Å². The molecule has 18 heavy (non-hydrogen) atoms. The van der Waals surface area contributed by atoms with Gasteiger partial charge >= 0.3 is 0 Å². The number of nitrogens with two attached hydrogens (primary N) is 1. The van der Waals surface area contributed by atoms with E-state index in [1.54, 1.807) is 12.1 Å². The highest BCUT2D eigenvalue weighted by molar-refractivity contribution is 5.91. The standard InChI is InChI=1S/C10H15N5O3/c1-12-10(17)7-2-3-9(15-14-7)13-4-5-18-6-8(11)16/h2-3H,4-6H2,1H3,(H2,11,16)(H,12,17)(H,13,15). The fraction of sp³-hybridized carbons (Fsp3) is 0.400. The summed E-state index contributed by atoms with van der Waals surface area (Å²) < 4.78 is 4.95. The van der Waals surface area contributed by atoms with E-state index >= 15 is 0 Å². The second-order valence-electron chi connectivity index (χ2n) is 3.33. The number of ether oxygens (including phenoxy) is 1. The molecule has 0 radical (unpaired) electrons. The fourth-order valence-corrected chi connectivity index (χ4v) is 1.10. The van der Waals surface area contributed by atoms with Gasteiger partial charge in [-0.15, -0.1) is 10.2 Å². The van der Waals surface area contributed by atoms with Gasteiger partial charge in [0.25, 0.3) is 5.91 Å². The van der Waals surface area contributed by atoms with Crippen LogP contribution in [0.4, 0.5) is 5.82 Å². The molecule has 8 heteroatoms. The molecule has 0 saturated heterocycles. The molecule has 0 aliphatic carbocycles. The summed E-state index contributed by atoms with van der Waals surface area (Å²) in [7, 11) is 1.52. The Morgan fingerprint density at radius 3 is 2.72 bits per heavy atom. The van der Waals surface area contributed by atoms with Crippen molar-refractivity contribution in [2.45, 2.75) is 0 Å². The van der Waals surface area contributed by atoms with E-state index in [0.717, 1.165) is 0 Å². The summed E-state index contributed by atoms with van der Waals surface area (Å²) in [4.78, 5) is 21.6. The fourth-order valence-electron chi connectivity index (χ4n) is 1.10. The number of carbonyl (C=O) groups excluding carboxylic acids is 2. The number of carbonyl (C=O) groups is 2. The Bertz CT molecular complexity index is 406. The van der Waals surface area contributed by atoms with Crippen molar-refractivity contribution in [1.29, 1.82) is 0 Å². The van der Waals surface area contributed by atoms with Crippen molar-refractivity contribution in [3.05, 3.63) is 17.8 Å². The molecule has 1 rings (SSSR count). The van der Waals surface area contributed by atoms with Gasteiger partial charge in [-0.25, -0.2) is 0 Å². The van der Waals surface area contributed by atoms with Crippen molar-refractivity contribution in [2.75, 3.05) is 32.1 Å². The molecular weight excluding hydrogens is 238 g/mol. The maximum atomic E-state index is 11.2. The molecule has 0 bridgehead atoms. The van der Waals surface area contributed by atoms with Gasteiger partial charge in [-0.05, 0) is 12.1 Å². The van der Waals surface area contributed by atoms with Crippen LogP contribution < -0.4 is 16.4 Å². The largest absolute Gasteiger partial charge is 0.370 e. The first kappa shape index (κ1) is 13.8. The highest BCUT2D eigenvalue weighted by Gasteiger charge is 2.04. The van der Waals surface area contributed by atoms with Crippen molar-refractivity contribution in [1.82, 2.24) is 15.5 Å². The van der Waals surface area contributed by atoms with Gasteiger partial charge in [0.15, 0.2) is 5.69 Å². The monoisotopic (exact) mass is 253 g/mol. The van der Waals surface area contributed by atoms with Gasteiger partial charge in [0.2, 0.25) is 5.91 Å². The van der Waals surface area contributed by atoms with Crippen molar-refractivity contribution in [3.8, 4) is 0 Å². The minimum absolute atomic E-state index is 0.108. The van der Waals surface area contributed by atoms with Crippen LogP contribution in [-0.4, -0.2) is 48.8 Å². The molecular formula is C10H15N5O3. The Kier molecular flexibility index (Phi) is 5.52. The zero-order valence-electron chi connectivity index (χ0n) is 9.97. The summed E-state index contributed by atoms with van der Waals surface area (Å²) in [5.74, 6) is -0.283. The van der Waals surface area contributed by atoms with E-state index in [9.17, 15) is 9.59 Å². The highest BCUT2D eigenvalue weighted by atomic mass is 16.5. The third-order valence-corrected chi connectivity index (χ3v) is 1.92. The summed E-state index contributed by atoms with van der Waals surface area (Å²) in [5.41, 5.74) is 5.14. The van der Waals surface area contributed by atoms with Crippen LogP contribution in [-0.2, 0) is 9.53 Å². The number of amides is 2. The molecule has 0 unspecified atom stereocenters. The van der Waals surface area contributed by atoms with E-state index in [4.69, 9.17) is 10.5 Å². The molecule has 1 heterocycles. The maximum Gasteiger partial charge on any atom is 0.271 e. The summed E-state index contributed by atoms with van der Waals surface area (Å²) in [5, 5.41) is 12.9. The number of nitrogens with zero attached hydrogens (tertiary/aromatic N) is 2. The van der Waals surface area contributed by atoms with Gasteiger partial charge in [-0.1, -0.05) is 0 Å². The number of aromatic nitrogens is 2. The van der Waals surface area contributed by atoms with Crippen LogP contribution in [0.5, 0.6) is 0 Å². The predicted octanol–water partition coefficient (Wildman–Crippen LogP) is -1.25. The molecule has 2 amide bonds. The number of primary amides is 1. The third kappa shape index (κ3) is 4.74. The normalized spacial score (nSPS) is 9.83. The minimum atomic E-state index is -0.510. The molecule has 4 N–H and O–H groups in total. The van der Waals surface area contributed by atoms with E-state index < -0.39 is 5.91 Å². The Labute approximate surface area is 104 Å². The van der Waals surface area contributed by atoms with Gasteiger partial charge in [0, 0.05) is 13.6 Å². The summed E-state index contributed by atoms with van der Waals surface area (Å²) in [6.07, 6.45) is 0. The number of hydrogen-bond donors (Lipinski definition) is 3. The molecule has 8 nitrogen and oxygen atoms in total. The SMILES string of the molecule is CNC(=O)c1ccc(NCCOCC(N)=O)nn1. The molecule has 0 aromatic carbocycles. The Morgan fingerprint density at radius 1 is 1.39 bits per heavy atom. The lowest BCUT2D eigenvalue weighted by Crippen LogP contribution is -2.21. The molecule has 0 atom stereocenters. The lowest BCUT2D eigenvalue weighted by molar-refractivity contribution is -0.122. The topological polar surface area (TPSA) is 119 Å². The molecule has 1 aromatic rings. The second-order valence-corrected chi connectivity index (χ2v) is 3.33. The van der Waals surface area contributed by atoms with Crippen LogP contribution in [0.2, 0.25) is 0 Å². The van der Waals surface area contributed by atoms with Crippen LogP contribution in [0.1, 0.15) is 10.5 Å². The molecule has 98 valence electrons. The summed E-state index contributed by atoms with van der Waals surface area (Å²) >= 11 is 0. The highest BCUT2D eigenvalue weighted by Crippen LogP contribution is 2.01. The average molecular weight is 253 g/mol. The Hall–Kier alpha value is -2.22. The van der Waals surface area contributed by atoms with Crippen LogP contribution in [0.25, 0.3) is 0 Å². The van der Waals surface area contributed by atoms with Crippen molar-refractivity contribution in [3.63, 3.8) is 0 Å². The number of hydrogen-bond acceptors (Lipinski definition) is 6. The van der Waals surface area contributed by atoms with Gasteiger partial charge in [-0.2, -0.15) is 0 Å². The zero-order chi connectivity index (χ0) is 13.4. The zero-order valence-corrected chi connectivity index (χ0v) is 9.97. The van der Waals surface area contributed by atoms with E-state index in [0.29, 0.717) is 19.0 Å². The minimum Gasteiger partial charge on any atom is -0.370 e. The number of nitrogens with one attached hydrogen (secondary N) is 2. The predicted molar refractivity (Wildman–Crippen MR) is 63.9 cm³/mol. The molecule has 0 aliphatic heterocycles.